The van der Waals surface area contributed by atoms with E-state index in [0.29, 0.717) is 5.75 Å². The van der Waals surface area contributed by atoms with Crippen LogP contribution in [0.2, 0.25) is 0 Å². The van der Waals surface area contributed by atoms with Crippen LogP contribution in [0.15, 0.2) is 24.3 Å². The van der Waals surface area contributed by atoms with Gasteiger partial charge in [-0.05, 0) is 38.5 Å². The summed E-state index contributed by atoms with van der Waals surface area (Å²) in [6, 6.07) is 6.50. The van der Waals surface area contributed by atoms with Gasteiger partial charge in [0.2, 0.25) is 5.78 Å². The zero-order chi connectivity index (χ0) is 14.2. The molecule has 1 heterocycles. The highest BCUT2D eigenvalue weighted by Gasteiger charge is 2.43. The molecule has 0 radical (unpaired) electrons. The minimum Gasteiger partial charge on any atom is -0.497 e. The predicted molar refractivity (Wildman–Crippen MR) is 70.5 cm³/mol. The summed E-state index contributed by atoms with van der Waals surface area (Å²) in [5, 5.41) is 1.39. The Bertz CT molecular complexity index is 502. The Morgan fingerprint density at radius 2 is 1.74 bits per heavy atom. The minimum atomic E-state index is -0.613. The Kier molecular flexibility index (Phi) is 3.32. The normalized spacial score (nSPS) is 20.0. The van der Waals surface area contributed by atoms with E-state index in [1.165, 1.54) is 5.01 Å². The van der Waals surface area contributed by atoms with E-state index in [1.54, 1.807) is 31.4 Å². The number of benzene rings is 1. The van der Waals surface area contributed by atoms with Crippen molar-refractivity contribution in [2.75, 3.05) is 7.11 Å². The Balaban J connectivity index is 2.26. The largest absolute Gasteiger partial charge is 0.497 e. The lowest BCUT2D eigenvalue weighted by molar-refractivity contribution is -0.143. The molecule has 1 aromatic rings. The number of nitrogens with zero attached hydrogens (tertiary/aromatic N) is 1. The van der Waals surface area contributed by atoms with Crippen LogP contribution in [-0.2, 0) is 9.59 Å². The third-order valence-electron chi connectivity index (χ3n) is 3.05. The summed E-state index contributed by atoms with van der Waals surface area (Å²) in [5.74, 6) is -0.207. The summed E-state index contributed by atoms with van der Waals surface area (Å²) in [6.07, 6.45) is 0. The number of methoxy groups -OCH3 is 1. The van der Waals surface area contributed by atoms with Crippen LogP contribution in [0, 0.1) is 0 Å². The average Bonchev–Trinajstić information content (AvgIpc) is 2.66. The highest BCUT2D eigenvalue weighted by molar-refractivity contribution is 6.39. The smallest absolute Gasteiger partial charge is 0.306 e. The first kappa shape index (κ1) is 13.5. The van der Waals surface area contributed by atoms with Gasteiger partial charge >= 0.3 is 5.91 Å². The molecule has 1 fully saturated rings. The first-order chi connectivity index (χ1) is 8.84. The third kappa shape index (κ3) is 2.46. The van der Waals surface area contributed by atoms with E-state index >= 15 is 0 Å². The number of nitrogens with one attached hydrogen (secondary N) is 1. The van der Waals surface area contributed by atoms with Crippen LogP contribution < -0.4 is 10.2 Å². The molecule has 0 aliphatic carbocycles. The summed E-state index contributed by atoms with van der Waals surface area (Å²) in [7, 11) is 1.58. The number of ketones is 1. The summed E-state index contributed by atoms with van der Waals surface area (Å²) >= 11 is 0. The fraction of sp³-hybridized carbons (Fsp3) is 0.429. The van der Waals surface area contributed by atoms with Gasteiger partial charge in [0, 0.05) is 0 Å². The molecule has 102 valence electrons. The lowest BCUT2D eigenvalue weighted by atomic mass is 10.0. The van der Waals surface area contributed by atoms with Gasteiger partial charge in [-0.1, -0.05) is 12.1 Å². The van der Waals surface area contributed by atoms with Crippen molar-refractivity contribution in [1.29, 1.82) is 0 Å². The van der Waals surface area contributed by atoms with Crippen LogP contribution in [0.25, 0.3) is 0 Å². The van der Waals surface area contributed by atoms with Crippen molar-refractivity contribution in [3.8, 4) is 5.75 Å². The zero-order valence-electron chi connectivity index (χ0n) is 11.6. The fourth-order valence-electron chi connectivity index (χ4n) is 2.00. The monoisotopic (exact) mass is 262 g/mol. The number of hydrogen-bond acceptors (Lipinski definition) is 4. The van der Waals surface area contributed by atoms with Gasteiger partial charge in [0.25, 0.3) is 0 Å². The SMILES string of the molecule is COc1ccc(C2NN(C(C)(C)C)C(=O)C2=O)cc1. The molecule has 2 rings (SSSR count). The van der Waals surface area contributed by atoms with E-state index in [1.807, 2.05) is 20.8 Å². The second kappa shape index (κ2) is 4.66. The summed E-state index contributed by atoms with van der Waals surface area (Å²) in [4.78, 5) is 24.0. The van der Waals surface area contributed by atoms with Gasteiger partial charge in [0.1, 0.15) is 11.8 Å². The van der Waals surface area contributed by atoms with E-state index in [2.05, 4.69) is 5.43 Å². The molecule has 0 spiro atoms. The lowest BCUT2D eigenvalue weighted by Crippen LogP contribution is -2.49. The molecule has 5 nitrogen and oxygen atoms in total. The molecule has 1 N–H and O–H groups in total. The van der Waals surface area contributed by atoms with Crippen molar-refractivity contribution in [3.63, 3.8) is 0 Å². The van der Waals surface area contributed by atoms with Crippen molar-refractivity contribution in [3.05, 3.63) is 29.8 Å². The number of rotatable bonds is 2. The number of hydrogen-bond donors (Lipinski definition) is 1. The molecule has 1 aliphatic rings. The van der Waals surface area contributed by atoms with Crippen LogP contribution in [-0.4, -0.2) is 29.3 Å². The number of ether oxygens (including phenoxy) is 1. The van der Waals surface area contributed by atoms with Crippen molar-refractivity contribution in [2.24, 2.45) is 0 Å². The highest BCUT2D eigenvalue weighted by Crippen LogP contribution is 2.26. The maximum atomic E-state index is 12.0. The molecule has 1 unspecified atom stereocenters. The standard InChI is InChI=1S/C14H18N2O3/c1-14(2,3)16-13(18)12(17)11(15-16)9-5-7-10(19-4)8-6-9/h5-8,11,15H,1-4H3. The molecule has 19 heavy (non-hydrogen) atoms. The van der Waals surface area contributed by atoms with Crippen molar-refractivity contribution >= 4 is 11.7 Å². The molecule has 1 aliphatic heterocycles. The van der Waals surface area contributed by atoms with Gasteiger partial charge in [-0.15, -0.1) is 0 Å². The summed E-state index contributed by atoms with van der Waals surface area (Å²) in [6.45, 7) is 5.63. The van der Waals surface area contributed by atoms with Crippen molar-refractivity contribution in [1.82, 2.24) is 10.4 Å². The quantitative estimate of drug-likeness (QED) is 0.820. The number of carbonyl (C=O) groups excluding carboxylic acids is 2. The van der Waals surface area contributed by atoms with Crippen LogP contribution >= 0.6 is 0 Å². The summed E-state index contributed by atoms with van der Waals surface area (Å²) < 4.78 is 5.07. The highest BCUT2D eigenvalue weighted by atomic mass is 16.5. The van der Waals surface area contributed by atoms with Gasteiger partial charge in [0.05, 0.1) is 12.6 Å². The number of Topliss-reactive ketones (excluding diaryl/α,β-unsaturated/α-hetero) is 1. The maximum Gasteiger partial charge on any atom is 0.306 e. The Labute approximate surface area is 112 Å². The van der Waals surface area contributed by atoms with E-state index < -0.39 is 23.3 Å². The molecule has 1 amide bonds. The van der Waals surface area contributed by atoms with Gasteiger partial charge in [-0.2, -0.15) is 0 Å². The van der Waals surface area contributed by atoms with Gasteiger partial charge < -0.3 is 4.74 Å². The molecule has 1 aromatic carbocycles. The Morgan fingerprint density at radius 1 is 1.16 bits per heavy atom. The van der Waals surface area contributed by atoms with E-state index in [0.717, 1.165) is 5.56 Å². The Hall–Kier alpha value is -1.88. The lowest BCUT2D eigenvalue weighted by Gasteiger charge is -2.31. The maximum absolute atomic E-state index is 12.0. The second-order valence-corrected chi connectivity index (χ2v) is 5.51. The van der Waals surface area contributed by atoms with Crippen LogP contribution in [0.4, 0.5) is 0 Å². The first-order valence-electron chi connectivity index (χ1n) is 6.13. The number of hydrazine groups is 1. The van der Waals surface area contributed by atoms with Gasteiger partial charge in [-0.3, -0.25) is 14.6 Å². The topological polar surface area (TPSA) is 58.6 Å². The van der Waals surface area contributed by atoms with Crippen LogP contribution in [0.3, 0.4) is 0 Å². The summed E-state index contributed by atoms with van der Waals surface area (Å²) in [5.41, 5.74) is 3.30. The molecule has 0 saturated carbocycles. The molecule has 1 saturated heterocycles. The molecular weight excluding hydrogens is 244 g/mol. The van der Waals surface area contributed by atoms with E-state index in [-0.39, 0.29) is 0 Å². The average molecular weight is 262 g/mol. The Morgan fingerprint density at radius 3 is 2.16 bits per heavy atom. The third-order valence-corrected chi connectivity index (χ3v) is 3.05. The van der Waals surface area contributed by atoms with E-state index in [4.69, 9.17) is 4.74 Å². The number of carbonyl (C=O) groups is 2. The predicted octanol–water partition coefficient (Wildman–Crippen LogP) is 1.45. The van der Waals surface area contributed by atoms with E-state index in [9.17, 15) is 9.59 Å². The second-order valence-electron chi connectivity index (χ2n) is 5.51. The van der Waals surface area contributed by atoms with Gasteiger partial charge in [0.15, 0.2) is 0 Å². The van der Waals surface area contributed by atoms with Crippen LogP contribution in [0.1, 0.15) is 32.4 Å². The molecule has 5 heteroatoms. The first-order valence-corrected chi connectivity index (χ1v) is 6.13. The molecular formula is C14H18N2O3. The van der Waals surface area contributed by atoms with Gasteiger partial charge in [-0.25, -0.2) is 5.43 Å². The van der Waals surface area contributed by atoms with Crippen molar-refractivity contribution < 1.29 is 14.3 Å². The van der Waals surface area contributed by atoms with Crippen LogP contribution in [0.5, 0.6) is 5.75 Å². The molecule has 1 atom stereocenters. The fourth-order valence-corrected chi connectivity index (χ4v) is 2.00. The molecule has 0 aromatic heterocycles. The minimum absolute atomic E-state index is 0.430. The molecule has 0 bridgehead atoms. The van der Waals surface area contributed by atoms with Crippen molar-refractivity contribution in [2.45, 2.75) is 32.4 Å². The number of amides is 1. The zero-order valence-corrected chi connectivity index (χ0v) is 11.6.